The topological polar surface area (TPSA) is 26.3 Å². The van der Waals surface area contributed by atoms with Gasteiger partial charge in [0.25, 0.3) is 0 Å². The van der Waals surface area contributed by atoms with E-state index in [1.807, 2.05) is 54.6 Å². The zero-order valence-electron chi connectivity index (χ0n) is 12.1. The molecule has 2 rings (SSSR count). The molecule has 2 nitrogen and oxygen atoms in total. The van der Waals surface area contributed by atoms with Crippen LogP contribution in [0.25, 0.3) is 0 Å². The molecular weight excluding hydrogens is 328 g/mol. The Balaban J connectivity index is 2.09. The molecule has 0 fully saturated rings. The fourth-order valence-corrected chi connectivity index (χ4v) is 2.46. The van der Waals surface area contributed by atoms with Crippen molar-refractivity contribution in [2.45, 2.75) is 19.3 Å². The van der Waals surface area contributed by atoms with Crippen molar-refractivity contribution in [3.8, 4) is 5.75 Å². The van der Waals surface area contributed by atoms with E-state index < -0.39 is 0 Å². The van der Waals surface area contributed by atoms with Crippen LogP contribution in [0.2, 0.25) is 0 Å². The molecule has 21 heavy (non-hydrogen) atoms. The highest BCUT2D eigenvalue weighted by Crippen LogP contribution is 2.23. The van der Waals surface area contributed by atoms with Crippen molar-refractivity contribution in [1.82, 2.24) is 0 Å². The molecule has 0 saturated heterocycles. The number of ether oxygens (including phenoxy) is 1. The maximum atomic E-state index is 11.9. The number of carbonyl (C=O) groups is 1. The first-order valence-electron chi connectivity index (χ1n) is 7.04. The van der Waals surface area contributed by atoms with Crippen LogP contribution >= 0.6 is 15.9 Å². The number of Topliss-reactive ketones (excluding diaryl/α,β-unsaturated/α-hetero) is 1. The predicted molar refractivity (Wildman–Crippen MR) is 89.3 cm³/mol. The van der Waals surface area contributed by atoms with Gasteiger partial charge in [-0.3, -0.25) is 4.79 Å². The van der Waals surface area contributed by atoms with Crippen LogP contribution in [0.5, 0.6) is 5.75 Å². The average molecular weight is 347 g/mol. The number of hydrogen-bond acceptors (Lipinski definition) is 2. The normalized spacial score (nSPS) is 11.9. The van der Waals surface area contributed by atoms with Gasteiger partial charge in [0.1, 0.15) is 11.5 Å². The summed E-state index contributed by atoms with van der Waals surface area (Å²) in [6, 6.07) is 17.9. The third-order valence-electron chi connectivity index (χ3n) is 3.40. The van der Waals surface area contributed by atoms with E-state index in [0.29, 0.717) is 6.61 Å². The molecule has 0 N–H and O–H groups in total. The summed E-state index contributed by atoms with van der Waals surface area (Å²) in [7, 11) is 0. The standard InChI is InChI=1S/C18H19BrO2/c1-14(20)18(16-5-3-2-4-6-16)13-15-7-9-17(10-8-15)21-12-11-19/h2-10,18H,11-13H2,1H3. The minimum Gasteiger partial charge on any atom is -0.493 e. The Morgan fingerprint density at radius 3 is 2.33 bits per heavy atom. The summed E-state index contributed by atoms with van der Waals surface area (Å²) in [6.07, 6.45) is 0.720. The van der Waals surface area contributed by atoms with Crippen molar-refractivity contribution in [2.75, 3.05) is 11.9 Å². The molecule has 2 aromatic carbocycles. The first-order valence-corrected chi connectivity index (χ1v) is 8.16. The number of halogens is 1. The summed E-state index contributed by atoms with van der Waals surface area (Å²) in [5.41, 5.74) is 2.22. The zero-order chi connectivity index (χ0) is 15.1. The third kappa shape index (κ3) is 4.71. The highest BCUT2D eigenvalue weighted by molar-refractivity contribution is 9.09. The highest BCUT2D eigenvalue weighted by atomic mass is 79.9. The smallest absolute Gasteiger partial charge is 0.137 e. The van der Waals surface area contributed by atoms with Crippen molar-refractivity contribution >= 4 is 21.7 Å². The molecule has 0 amide bonds. The van der Waals surface area contributed by atoms with Crippen molar-refractivity contribution in [3.63, 3.8) is 0 Å². The Morgan fingerprint density at radius 1 is 1.10 bits per heavy atom. The van der Waals surface area contributed by atoms with Gasteiger partial charge in [-0.25, -0.2) is 0 Å². The SMILES string of the molecule is CC(=O)C(Cc1ccc(OCCBr)cc1)c1ccccc1. The van der Waals surface area contributed by atoms with Gasteiger partial charge in [-0.1, -0.05) is 58.4 Å². The predicted octanol–water partition coefficient (Wildman–Crippen LogP) is 4.38. The molecule has 0 saturated carbocycles. The number of ketones is 1. The number of benzene rings is 2. The lowest BCUT2D eigenvalue weighted by atomic mass is 9.89. The summed E-state index contributed by atoms with van der Waals surface area (Å²) < 4.78 is 5.53. The van der Waals surface area contributed by atoms with Gasteiger partial charge < -0.3 is 4.74 Å². The second kappa shape index (κ2) is 7.99. The van der Waals surface area contributed by atoms with Gasteiger partial charge in [-0.2, -0.15) is 0 Å². The second-order valence-electron chi connectivity index (χ2n) is 4.96. The quantitative estimate of drug-likeness (QED) is 0.695. The average Bonchev–Trinajstić information content (AvgIpc) is 2.52. The van der Waals surface area contributed by atoms with Gasteiger partial charge >= 0.3 is 0 Å². The summed E-state index contributed by atoms with van der Waals surface area (Å²) in [4.78, 5) is 11.9. The molecule has 0 aliphatic heterocycles. The van der Waals surface area contributed by atoms with Crippen LogP contribution in [0.4, 0.5) is 0 Å². The lowest BCUT2D eigenvalue weighted by molar-refractivity contribution is -0.118. The number of alkyl halides is 1. The van der Waals surface area contributed by atoms with Crippen molar-refractivity contribution < 1.29 is 9.53 Å². The lowest BCUT2D eigenvalue weighted by Gasteiger charge is -2.14. The van der Waals surface area contributed by atoms with Crippen LogP contribution in [0, 0.1) is 0 Å². The maximum Gasteiger partial charge on any atom is 0.137 e. The van der Waals surface area contributed by atoms with E-state index in [2.05, 4.69) is 15.9 Å². The minimum atomic E-state index is -0.0829. The fraction of sp³-hybridized carbons (Fsp3) is 0.278. The molecule has 0 aliphatic carbocycles. The van der Waals surface area contributed by atoms with E-state index in [-0.39, 0.29) is 11.7 Å². The van der Waals surface area contributed by atoms with E-state index in [1.165, 1.54) is 0 Å². The molecule has 0 aromatic heterocycles. The van der Waals surface area contributed by atoms with Crippen LogP contribution in [0.15, 0.2) is 54.6 Å². The molecular formula is C18H19BrO2. The Labute approximate surface area is 134 Å². The molecule has 110 valence electrons. The third-order valence-corrected chi connectivity index (χ3v) is 3.73. The molecule has 3 heteroatoms. The first kappa shape index (κ1) is 15.8. The van der Waals surface area contributed by atoms with Crippen molar-refractivity contribution in [2.24, 2.45) is 0 Å². The Morgan fingerprint density at radius 2 is 1.76 bits per heavy atom. The molecule has 0 heterocycles. The zero-order valence-corrected chi connectivity index (χ0v) is 13.7. The second-order valence-corrected chi connectivity index (χ2v) is 5.75. The van der Waals surface area contributed by atoms with Gasteiger partial charge in [-0.15, -0.1) is 0 Å². The minimum absolute atomic E-state index is 0.0829. The molecule has 1 atom stereocenters. The Bertz CT molecular complexity index is 564. The molecule has 0 radical (unpaired) electrons. The van der Waals surface area contributed by atoms with Crippen LogP contribution < -0.4 is 4.74 Å². The van der Waals surface area contributed by atoms with Gasteiger partial charge in [0, 0.05) is 11.2 Å². The van der Waals surface area contributed by atoms with E-state index in [4.69, 9.17) is 4.74 Å². The van der Waals surface area contributed by atoms with Crippen LogP contribution in [0.3, 0.4) is 0 Å². The fourth-order valence-electron chi connectivity index (χ4n) is 2.30. The van der Waals surface area contributed by atoms with E-state index in [1.54, 1.807) is 6.92 Å². The monoisotopic (exact) mass is 346 g/mol. The Kier molecular flexibility index (Phi) is 6.00. The molecule has 2 aromatic rings. The molecule has 0 bridgehead atoms. The maximum absolute atomic E-state index is 11.9. The van der Waals surface area contributed by atoms with E-state index in [0.717, 1.165) is 28.6 Å². The summed E-state index contributed by atoms with van der Waals surface area (Å²) in [5.74, 6) is 0.971. The van der Waals surface area contributed by atoms with Crippen LogP contribution in [0.1, 0.15) is 24.0 Å². The molecule has 1 unspecified atom stereocenters. The van der Waals surface area contributed by atoms with E-state index in [9.17, 15) is 4.79 Å². The van der Waals surface area contributed by atoms with Gasteiger partial charge in [0.2, 0.25) is 0 Å². The lowest BCUT2D eigenvalue weighted by Crippen LogP contribution is -2.12. The number of carbonyl (C=O) groups excluding carboxylic acids is 1. The van der Waals surface area contributed by atoms with Crippen LogP contribution in [-0.4, -0.2) is 17.7 Å². The van der Waals surface area contributed by atoms with Crippen molar-refractivity contribution in [1.29, 1.82) is 0 Å². The Hall–Kier alpha value is -1.61. The van der Waals surface area contributed by atoms with Gasteiger partial charge in [0.15, 0.2) is 0 Å². The van der Waals surface area contributed by atoms with E-state index >= 15 is 0 Å². The number of rotatable bonds is 7. The summed E-state index contributed by atoms with van der Waals surface area (Å²) in [6.45, 7) is 2.31. The van der Waals surface area contributed by atoms with Crippen molar-refractivity contribution in [3.05, 3.63) is 65.7 Å². The first-order chi connectivity index (χ1) is 10.2. The largest absolute Gasteiger partial charge is 0.493 e. The summed E-state index contributed by atoms with van der Waals surface area (Å²) >= 11 is 3.33. The molecule has 0 spiro atoms. The molecule has 0 aliphatic rings. The van der Waals surface area contributed by atoms with Crippen LogP contribution in [-0.2, 0) is 11.2 Å². The van der Waals surface area contributed by atoms with Gasteiger partial charge in [0.05, 0.1) is 6.61 Å². The number of hydrogen-bond donors (Lipinski definition) is 0. The highest BCUT2D eigenvalue weighted by Gasteiger charge is 2.17. The van der Waals surface area contributed by atoms with Gasteiger partial charge in [-0.05, 0) is 36.6 Å². The summed E-state index contributed by atoms with van der Waals surface area (Å²) in [5, 5.41) is 0.815.